The van der Waals surface area contributed by atoms with Gasteiger partial charge in [0.2, 0.25) is 0 Å². The van der Waals surface area contributed by atoms with E-state index in [1.54, 1.807) is 22.2 Å². The van der Waals surface area contributed by atoms with Crippen molar-refractivity contribution >= 4 is 11.3 Å². The van der Waals surface area contributed by atoms with E-state index in [0.717, 1.165) is 22.9 Å². The minimum Gasteiger partial charge on any atom is -0.304 e. The average molecular weight is 237 g/mol. The monoisotopic (exact) mass is 237 g/mol. The molecule has 0 aliphatic heterocycles. The summed E-state index contributed by atoms with van der Waals surface area (Å²) < 4.78 is 1.78. The average Bonchev–Trinajstić information content (AvgIpc) is 2.84. The van der Waals surface area contributed by atoms with Gasteiger partial charge >= 0.3 is 0 Å². The molecular formula is C10H15N5S. The number of aromatic nitrogens is 4. The summed E-state index contributed by atoms with van der Waals surface area (Å²) in [5.74, 6) is 0. The van der Waals surface area contributed by atoms with E-state index in [4.69, 9.17) is 0 Å². The molecule has 0 saturated heterocycles. The molecule has 1 unspecified atom stereocenters. The number of nitrogens with zero attached hydrogens (tertiary/aromatic N) is 4. The molecule has 0 aromatic carbocycles. The van der Waals surface area contributed by atoms with Crippen LogP contribution in [0.2, 0.25) is 0 Å². The van der Waals surface area contributed by atoms with Crippen molar-refractivity contribution in [2.45, 2.75) is 19.9 Å². The molecule has 5 nitrogen and oxygen atoms in total. The van der Waals surface area contributed by atoms with Gasteiger partial charge in [0.1, 0.15) is 0 Å². The van der Waals surface area contributed by atoms with Crippen LogP contribution in [0.3, 0.4) is 0 Å². The summed E-state index contributed by atoms with van der Waals surface area (Å²) in [4.78, 5) is 4.51. The Kier molecular flexibility index (Phi) is 3.31. The van der Waals surface area contributed by atoms with Crippen LogP contribution in [0, 0.1) is 6.92 Å². The van der Waals surface area contributed by atoms with Crippen molar-refractivity contribution in [3.8, 4) is 0 Å². The molecule has 0 aliphatic carbocycles. The van der Waals surface area contributed by atoms with Crippen LogP contribution < -0.4 is 5.32 Å². The van der Waals surface area contributed by atoms with Crippen molar-refractivity contribution in [1.29, 1.82) is 0 Å². The third-order valence-corrected chi connectivity index (χ3v) is 3.18. The second-order valence-corrected chi connectivity index (χ2v) is 4.63. The van der Waals surface area contributed by atoms with Crippen molar-refractivity contribution in [3.05, 3.63) is 28.0 Å². The van der Waals surface area contributed by atoms with Crippen molar-refractivity contribution in [3.63, 3.8) is 0 Å². The van der Waals surface area contributed by atoms with E-state index in [1.165, 1.54) is 0 Å². The Morgan fingerprint density at radius 3 is 2.88 bits per heavy atom. The van der Waals surface area contributed by atoms with Crippen molar-refractivity contribution in [1.82, 2.24) is 25.3 Å². The highest BCUT2D eigenvalue weighted by Crippen LogP contribution is 2.22. The van der Waals surface area contributed by atoms with Crippen LogP contribution in [0.4, 0.5) is 0 Å². The Hall–Kier alpha value is -1.27. The zero-order valence-electron chi connectivity index (χ0n) is 9.64. The smallest absolute Gasteiger partial charge is 0.0946 e. The predicted molar refractivity (Wildman–Crippen MR) is 63.4 cm³/mol. The molecule has 86 valence electrons. The minimum atomic E-state index is 0.0787. The third kappa shape index (κ3) is 2.12. The van der Waals surface area contributed by atoms with Gasteiger partial charge in [0, 0.05) is 12.4 Å². The summed E-state index contributed by atoms with van der Waals surface area (Å²) in [6.07, 6.45) is 1.78. The summed E-state index contributed by atoms with van der Waals surface area (Å²) >= 11 is 1.66. The molecule has 2 aromatic heterocycles. The lowest BCUT2D eigenvalue weighted by Crippen LogP contribution is -2.24. The van der Waals surface area contributed by atoms with Gasteiger partial charge in [0.25, 0.3) is 0 Å². The fraction of sp³-hybridized carbons (Fsp3) is 0.500. The maximum atomic E-state index is 4.51. The Morgan fingerprint density at radius 1 is 1.56 bits per heavy atom. The molecule has 6 heteroatoms. The van der Waals surface area contributed by atoms with E-state index in [1.807, 2.05) is 14.0 Å². The SMILES string of the molecule is CCNC(c1csc(C)n1)c1cnnn1C. The van der Waals surface area contributed by atoms with Crippen LogP contribution in [0.1, 0.15) is 29.4 Å². The minimum absolute atomic E-state index is 0.0787. The van der Waals surface area contributed by atoms with Crippen molar-refractivity contribution < 1.29 is 0 Å². The first-order chi connectivity index (χ1) is 7.72. The lowest BCUT2D eigenvalue weighted by atomic mass is 10.1. The van der Waals surface area contributed by atoms with Crippen LogP contribution >= 0.6 is 11.3 Å². The molecule has 0 saturated carbocycles. The van der Waals surface area contributed by atoms with Gasteiger partial charge in [-0.05, 0) is 13.5 Å². The Bertz CT molecular complexity index is 461. The van der Waals surface area contributed by atoms with Crippen LogP contribution in [0.5, 0.6) is 0 Å². The summed E-state index contributed by atoms with van der Waals surface area (Å²) in [7, 11) is 1.89. The third-order valence-electron chi connectivity index (χ3n) is 2.39. The lowest BCUT2D eigenvalue weighted by Gasteiger charge is -2.15. The van der Waals surface area contributed by atoms with Gasteiger partial charge in [-0.2, -0.15) is 0 Å². The normalized spacial score (nSPS) is 12.9. The molecule has 0 spiro atoms. The highest BCUT2D eigenvalue weighted by Gasteiger charge is 2.19. The second kappa shape index (κ2) is 4.71. The largest absolute Gasteiger partial charge is 0.304 e. The van der Waals surface area contributed by atoms with Gasteiger partial charge in [0.05, 0.1) is 28.6 Å². The van der Waals surface area contributed by atoms with E-state index >= 15 is 0 Å². The molecule has 0 fully saturated rings. The predicted octanol–water partition coefficient (Wildman–Crippen LogP) is 1.28. The van der Waals surface area contributed by atoms with Gasteiger partial charge in [-0.25, -0.2) is 4.98 Å². The summed E-state index contributed by atoms with van der Waals surface area (Å²) in [5, 5.41) is 14.4. The van der Waals surface area contributed by atoms with Gasteiger partial charge in [-0.1, -0.05) is 12.1 Å². The molecule has 2 heterocycles. The summed E-state index contributed by atoms with van der Waals surface area (Å²) in [6.45, 7) is 4.97. The molecular weight excluding hydrogens is 222 g/mol. The number of nitrogens with one attached hydrogen (secondary N) is 1. The van der Waals surface area contributed by atoms with Gasteiger partial charge in [-0.15, -0.1) is 16.4 Å². The van der Waals surface area contributed by atoms with Gasteiger partial charge in [-0.3, -0.25) is 4.68 Å². The van der Waals surface area contributed by atoms with Crippen LogP contribution in [-0.2, 0) is 7.05 Å². The van der Waals surface area contributed by atoms with Crippen molar-refractivity contribution in [2.24, 2.45) is 7.05 Å². The van der Waals surface area contributed by atoms with Crippen LogP contribution in [0.25, 0.3) is 0 Å². The van der Waals surface area contributed by atoms with E-state index < -0.39 is 0 Å². The second-order valence-electron chi connectivity index (χ2n) is 3.56. The van der Waals surface area contributed by atoms with E-state index in [9.17, 15) is 0 Å². The van der Waals surface area contributed by atoms with Crippen molar-refractivity contribution in [2.75, 3.05) is 6.54 Å². The molecule has 1 N–H and O–H groups in total. The molecule has 0 bridgehead atoms. The Labute approximate surface area is 98.5 Å². The molecule has 2 aromatic rings. The zero-order chi connectivity index (χ0) is 11.5. The fourth-order valence-corrected chi connectivity index (χ4v) is 2.27. The first-order valence-electron chi connectivity index (χ1n) is 5.22. The molecule has 0 radical (unpaired) electrons. The number of aryl methyl sites for hydroxylation is 2. The maximum Gasteiger partial charge on any atom is 0.0946 e. The molecule has 0 amide bonds. The number of rotatable bonds is 4. The first-order valence-corrected chi connectivity index (χ1v) is 6.10. The number of hydrogen-bond acceptors (Lipinski definition) is 5. The van der Waals surface area contributed by atoms with E-state index in [-0.39, 0.29) is 6.04 Å². The summed E-state index contributed by atoms with van der Waals surface area (Å²) in [5.41, 5.74) is 2.07. The molecule has 2 rings (SSSR count). The molecule has 1 atom stereocenters. The van der Waals surface area contributed by atoms with E-state index in [0.29, 0.717) is 0 Å². The Balaban J connectivity index is 2.34. The van der Waals surface area contributed by atoms with Crippen LogP contribution in [-0.4, -0.2) is 26.5 Å². The first kappa shape index (κ1) is 11.2. The zero-order valence-corrected chi connectivity index (χ0v) is 10.5. The topological polar surface area (TPSA) is 55.6 Å². The molecule has 16 heavy (non-hydrogen) atoms. The van der Waals surface area contributed by atoms with Gasteiger partial charge < -0.3 is 5.32 Å². The van der Waals surface area contributed by atoms with Gasteiger partial charge in [0.15, 0.2) is 0 Å². The number of hydrogen-bond donors (Lipinski definition) is 1. The number of thiazole rings is 1. The highest BCUT2D eigenvalue weighted by molar-refractivity contribution is 7.09. The highest BCUT2D eigenvalue weighted by atomic mass is 32.1. The maximum absolute atomic E-state index is 4.51. The lowest BCUT2D eigenvalue weighted by molar-refractivity contribution is 0.559. The standard InChI is InChI=1S/C10H15N5S/c1-4-11-10(8-6-16-7(2)13-8)9-5-12-14-15(9)3/h5-6,10-11H,4H2,1-3H3. The van der Waals surface area contributed by atoms with E-state index in [2.05, 4.69) is 32.9 Å². The Morgan fingerprint density at radius 2 is 2.38 bits per heavy atom. The van der Waals surface area contributed by atoms with Crippen LogP contribution in [0.15, 0.2) is 11.6 Å². The fourth-order valence-electron chi connectivity index (χ4n) is 1.64. The summed E-state index contributed by atoms with van der Waals surface area (Å²) in [6, 6.07) is 0.0787. The quantitative estimate of drug-likeness (QED) is 0.870. The molecule has 0 aliphatic rings.